The van der Waals surface area contributed by atoms with E-state index in [1.54, 1.807) is 25.7 Å². The van der Waals surface area contributed by atoms with Crippen LogP contribution in [0, 0.1) is 23.4 Å². The van der Waals surface area contributed by atoms with Crippen molar-refractivity contribution in [3.63, 3.8) is 0 Å². The number of nitrogens with one attached hydrogen (secondary N) is 3. The van der Waals surface area contributed by atoms with Crippen LogP contribution in [0.2, 0.25) is 0 Å². The van der Waals surface area contributed by atoms with Crippen molar-refractivity contribution in [3.05, 3.63) is 53.3 Å². The van der Waals surface area contributed by atoms with Crippen LogP contribution in [0.1, 0.15) is 44.0 Å². The van der Waals surface area contributed by atoms with Crippen LogP contribution in [0.25, 0.3) is 0 Å². The first-order chi connectivity index (χ1) is 17.2. The molecule has 0 aromatic heterocycles. The molecule has 0 radical (unpaired) electrons. The average Bonchev–Trinajstić information content (AvgIpc) is 2.81. The number of amides is 2. The molecule has 13 heteroatoms. The summed E-state index contributed by atoms with van der Waals surface area (Å²) in [6.45, 7) is 6.18. The first-order valence-corrected chi connectivity index (χ1v) is 13.1. The number of halogens is 3. The molecule has 2 amide bonds. The fraction of sp³-hybridized carbons (Fsp3) is 0.417. The number of likely N-dealkylation sites (tertiary alicyclic amines) is 1. The van der Waals surface area contributed by atoms with E-state index in [0.717, 1.165) is 6.07 Å². The van der Waals surface area contributed by atoms with Gasteiger partial charge in [0.2, 0.25) is 10.0 Å². The molecule has 2 heterocycles. The highest BCUT2D eigenvalue weighted by Crippen LogP contribution is 2.32. The van der Waals surface area contributed by atoms with Crippen LogP contribution < -0.4 is 15.4 Å². The van der Waals surface area contributed by atoms with Gasteiger partial charge in [0.25, 0.3) is 5.91 Å². The second-order valence-corrected chi connectivity index (χ2v) is 11.6. The third-order valence-corrected chi connectivity index (χ3v) is 7.51. The summed E-state index contributed by atoms with van der Waals surface area (Å²) in [6.07, 6.45) is 0.0496. The van der Waals surface area contributed by atoms with Gasteiger partial charge in [-0.25, -0.2) is 26.4 Å². The molecule has 1 unspecified atom stereocenters. The molecular weight excluding hydrogens is 513 g/mol. The normalized spacial score (nSPS) is 19.5. The number of fused-ring (bicyclic) bond motifs is 1. The van der Waals surface area contributed by atoms with Gasteiger partial charge < -0.3 is 20.3 Å². The number of anilines is 2. The molecule has 2 aliphatic heterocycles. The van der Waals surface area contributed by atoms with Crippen LogP contribution >= 0.6 is 0 Å². The van der Waals surface area contributed by atoms with Crippen molar-refractivity contribution in [2.75, 3.05) is 23.7 Å². The summed E-state index contributed by atoms with van der Waals surface area (Å²) in [5.41, 5.74) is -0.732. The minimum atomic E-state index is -4.01. The number of piperidine rings is 1. The van der Waals surface area contributed by atoms with Crippen molar-refractivity contribution in [2.24, 2.45) is 5.92 Å². The molecule has 37 heavy (non-hydrogen) atoms. The fourth-order valence-electron chi connectivity index (χ4n) is 4.22. The second-order valence-electron chi connectivity index (χ2n) is 9.97. The lowest BCUT2D eigenvalue weighted by Crippen LogP contribution is -2.52. The summed E-state index contributed by atoms with van der Waals surface area (Å²) in [7, 11) is -4.01. The molecule has 2 aliphatic rings. The van der Waals surface area contributed by atoms with Crippen LogP contribution in [0.5, 0.6) is 0 Å². The molecule has 4 rings (SSSR count). The lowest BCUT2D eigenvalue weighted by molar-refractivity contribution is 0.0175. The number of carbonyl (C=O) groups excluding carboxylic acids is 2. The zero-order valence-electron chi connectivity index (χ0n) is 20.4. The Labute approximate surface area is 212 Å². The number of sulfonamides is 1. The fourth-order valence-corrected chi connectivity index (χ4v) is 5.63. The molecule has 2 aromatic carbocycles. The number of benzene rings is 2. The third-order valence-electron chi connectivity index (χ3n) is 6.03. The Morgan fingerprint density at radius 1 is 1.05 bits per heavy atom. The van der Waals surface area contributed by atoms with Gasteiger partial charge in [0.1, 0.15) is 10.5 Å². The van der Waals surface area contributed by atoms with Gasteiger partial charge in [-0.2, -0.15) is 4.72 Å². The lowest BCUT2D eigenvalue weighted by Gasteiger charge is -2.39. The Hall–Kier alpha value is -3.32. The highest BCUT2D eigenvalue weighted by Gasteiger charge is 2.37. The summed E-state index contributed by atoms with van der Waals surface area (Å²) in [6, 6.07) is 5.16. The minimum Gasteiger partial charge on any atom is -0.444 e. The van der Waals surface area contributed by atoms with Crippen LogP contribution in [-0.2, 0) is 14.8 Å². The quantitative estimate of drug-likeness (QED) is 0.506. The number of carbonyl (C=O) groups is 2. The van der Waals surface area contributed by atoms with Crippen molar-refractivity contribution < 1.29 is 35.9 Å². The second kappa shape index (κ2) is 9.86. The van der Waals surface area contributed by atoms with E-state index in [1.165, 1.54) is 12.1 Å². The molecule has 3 N–H and O–H groups in total. The Balaban J connectivity index is 1.44. The Bertz CT molecular complexity index is 1320. The van der Waals surface area contributed by atoms with Crippen molar-refractivity contribution in [1.29, 1.82) is 0 Å². The van der Waals surface area contributed by atoms with E-state index in [-0.39, 0.29) is 27.8 Å². The van der Waals surface area contributed by atoms with Crippen LogP contribution in [0.3, 0.4) is 0 Å². The molecule has 0 saturated carbocycles. The predicted octanol–water partition coefficient (Wildman–Crippen LogP) is 4.03. The van der Waals surface area contributed by atoms with E-state index in [2.05, 4.69) is 15.4 Å². The maximum Gasteiger partial charge on any atom is 0.410 e. The first kappa shape index (κ1) is 26.7. The average molecular weight is 541 g/mol. The van der Waals surface area contributed by atoms with E-state index >= 15 is 0 Å². The molecule has 0 aliphatic carbocycles. The highest BCUT2D eigenvalue weighted by atomic mass is 32.2. The molecule has 0 spiro atoms. The molecule has 0 bridgehead atoms. The molecule has 9 nitrogen and oxygen atoms in total. The zero-order chi connectivity index (χ0) is 27.1. The van der Waals surface area contributed by atoms with Gasteiger partial charge >= 0.3 is 6.09 Å². The first-order valence-electron chi connectivity index (χ1n) is 11.6. The summed E-state index contributed by atoms with van der Waals surface area (Å²) in [5, 5.41) is 5.37. The van der Waals surface area contributed by atoms with Crippen molar-refractivity contribution in [1.82, 2.24) is 9.62 Å². The molecule has 1 saturated heterocycles. The maximum absolute atomic E-state index is 13.4. The standard InChI is InChI=1S/C24H27F3N4O5S/c1-24(2,3)36-23(33)31-8-6-13(7-9-31)21-29-18-5-4-14(10-19(18)37(34,35)30-21)22(32)28-15-11-16(25)20(27)17(26)12-15/h4-5,10-13,21,29-30H,6-9H2,1-3H3,(H,28,32). The van der Waals surface area contributed by atoms with Gasteiger partial charge in [-0.3, -0.25) is 4.79 Å². The molecule has 1 fully saturated rings. The van der Waals surface area contributed by atoms with E-state index in [9.17, 15) is 31.2 Å². The van der Waals surface area contributed by atoms with Gasteiger partial charge in [-0.1, -0.05) is 0 Å². The molecule has 2 aromatic rings. The third kappa shape index (κ3) is 5.99. The van der Waals surface area contributed by atoms with E-state index in [1.807, 2.05) is 0 Å². The number of nitrogens with zero attached hydrogens (tertiary/aromatic N) is 1. The van der Waals surface area contributed by atoms with Gasteiger partial charge in [0.05, 0.1) is 11.9 Å². The SMILES string of the molecule is CC(C)(C)OC(=O)N1CCC(C2Nc3ccc(C(=O)Nc4cc(F)c(F)c(F)c4)cc3S(=O)(=O)N2)CC1. The van der Waals surface area contributed by atoms with E-state index in [0.29, 0.717) is 38.1 Å². The zero-order valence-corrected chi connectivity index (χ0v) is 21.2. The van der Waals surface area contributed by atoms with Crippen LogP contribution in [0.4, 0.5) is 29.3 Å². The van der Waals surface area contributed by atoms with E-state index in [4.69, 9.17) is 4.74 Å². The Kier molecular flexibility index (Phi) is 7.12. The lowest BCUT2D eigenvalue weighted by atomic mass is 9.94. The Morgan fingerprint density at radius 2 is 1.68 bits per heavy atom. The van der Waals surface area contributed by atoms with Crippen LogP contribution in [-0.4, -0.2) is 50.2 Å². The largest absolute Gasteiger partial charge is 0.444 e. The number of hydrogen-bond acceptors (Lipinski definition) is 6. The molecule has 200 valence electrons. The van der Waals surface area contributed by atoms with Gasteiger partial charge in [0, 0.05) is 36.5 Å². The molecular formula is C24H27F3N4O5S. The molecule has 1 atom stereocenters. The van der Waals surface area contributed by atoms with Gasteiger partial charge in [-0.15, -0.1) is 0 Å². The van der Waals surface area contributed by atoms with Gasteiger partial charge in [-0.05, 0) is 57.7 Å². The van der Waals surface area contributed by atoms with Crippen molar-refractivity contribution in [2.45, 2.75) is 50.3 Å². The highest BCUT2D eigenvalue weighted by molar-refractivity contribution is 7.89. The van der Waals surface area contributed by atoms with Crippen LogP contribution in [0.15, 0.2) is 35.2 Å². The smallest absolute Gasteiger partial charge is 0.410 e. The number of rotatable bonds is 3. The Morgan fingerprint density at radius 3 is 2.27 bits per heavy atom. The van der Waals surface area contributed by atoms with Crippen molar-refractivity contribution in [3.8, 4) is 0 Å². The monoisotopic (exact) mass is 540 g/mol. The number of hydrogen-bond donors (Lipinski definition) is 3. The van der Waals surface area contributed by atoms with E-state index < -0.39 is 51.2 Å². The topological polar surface area (TPSA) is 117 Å². The number of ether oxygens (including phenoxy) is 1. The summed E-state index contributed by atoms with van der Waals surface area (Å²) in [4.78, 5) is 26.3. The summed E-state index contributed by atoms with van der Waals surface area (Å²) in [5.74, 6) is -5.55. The summed E-state index contributed by atoms with van der Waals surface area (Å²) >= 11 is 0. The van der Waals surface area contributed by atoms with Gasteiger partial charge in [0.15, 0.2) is 17.5 Å². The predicted molar refractivity (Wildman–Crippen MR) is 129 cm³/mol. The minimum absolute atomic E-state index is 0.0832. The summed E-state index contributed by atoms with van der Waals surface area (Å²) < 4.78 is 74.1. The van der Waals surface area contributed by atoms with Crippen molar-refractivity contribution >= 4 is 33.4 Å². The maximum atomic E-state index is 13.4.